The van der Waals surface area contributed by atoms with Gasteiger partial charge >= 0.3 is 11.9 Å². The number of ether oxygens (including phenoxy) is 13. The Morgan fingerprint density at radius 3 is 1.90 bits per heavy atom. The molecule has 8 aliphatic rings. The standard InChI is InChI=1S/C59H86O23/c1-28(61)36-20-23-59(69)57(36,7)53(79-40(63)17-16-33-14-12-11-13-15-33)51(76-32(5)62)52-56(6)21-19-35(24-34(56)18-22-58(52,59)68)77-41-25-37(70-8)47(29(2)73-41)80-42-26-38(71-9)48(30(3)74-42)81-55-46(67)50(72-10)49(31(4)75-55)82-54-45(66)44(65)43(64)39(27-60)78-54/h11-18,29-31,35-39,41-55,60,64-69H,19-27H2,1-10H3/b17-16+. The van der Waals surface area contributed by atoms with Gasteiger partial charge in [-0.15, -0.1) is 0 Å². The third-order valence-corrected chi connectivity index (χ3v) is 19.6. The molecule has 3 saturated carbocycles. The van der Waals surface area contributed by atoms with Gasteiger partial charge in [0.05, 0.1) is 43.2 Å². The molecule has 27 atom stereocenters. The highest BCUT2D eigenvalue weighted by Crippen LogP contribution is 2.70. The number of aliphatic hydroxyl groups excluding tert-OH is 5. The first-order valence-electron chi connectivity index (χ1n) is 28.8. The fraction of sp³-hybridized carbons (Fsp3) is 0.780. The number of hydrogen-bond acceptors (Lipinski definition) is 23. The zero-order valence-electron chi connectivity index (χ0n) is 48.4. The second kappa shape index (κ2) is 25.1. The Kier molecular flexibility index (Phi) is 19.3. The molecule has 0 radical (unpaired) electrons. The predicted octanol–water partition coefficient (Wildman–Crippen LogP) is 1.92. The highest BCUT2D eigenvalue weighted by atomic mass is 16.8. The van der Waals surface area contributed by atoms with Crippen molar-refractivity contribution in [3.8, 4) is 0 Å². The van der Waals surface area contributed by atoms with Crippen LogP contribution in [0.5, 0.6) is 0 Å². The molecule has 7 N–H and O–H groups in total. The van der Waals surface area contributed by atoms with E-state index in [9.17, 15) is 50.1 Å². The number of aliphatic hydroxyl groups is 7. The number of benzene rings is 1. The molecule has 7 fully saturated rings. The molecule has 9 rings (SSSR count). The van der Waals surface area contributed by atoms with Gasteiger partial charge in [0.2, 0.25) is 0 Å². The number of ketones is 1. The van der Waals surface area contributed by atoms with Crippen LogP contribution in [-0.2, 0) is 76.0 Å². The molecule has 4 saturated heterocycles. The maximum Gasteiger partial charge on any atom is 0.331 e. The van der Waals surface area contributed by atoms with Crippen molar-refractivity contribution in [2.75, 3.05) is 27.9 Å². The lowest BCUT2D eigenvalue weighted by Gasteiger charge is -2.68. The maximum absolute atomic E-state index is 13.9. The third-order valence-electron chi connectivity index (χ3n) is 19.6. The van der Waals surface area contributed by atoms with Crippen LogP contribution in [0.4, 0.5) is 0 Å². The highest BCUT2D eigenvalue weighted by Gasteiger charge is 2.81. The summed E-state index contributed by atoms with van der Waals surface area (Å²) >= 11 is 0. The van der Waals surface area contributed by atoms with Crippen LogP contribution in [0.25, 0.3) is 6.08 Å². The third kappa shape index (κ3) is 11.4. The van der Waals surface area contributed by atoms with Gasteiger partial charge in [0.1, 0.15) is 84.1 Å². The molecular weight excluding hydrogens is 1080 g/mol. The average molecular weight is 1160 g/mol. The molecule has 460 valence electrons. The normalized spacial score (nSPS) is 47.6. The Labute approximate surface area is 478 Å². The molecule has 27 unspecified atom stereocenters. The van der Waals surface area contributed by atoms with E-state index < -0.39 is 175 Å². The van der Waals surface area contributed by atoms with Crippen molar-refractivity contribution < 1.29 is 112 Å². The Morgan fingerprint density at radius 2 is 1.29 bits per heavy atom. The van der Waals surface area contributed by atoms with Crippen molar-refractivity contribution in [2.24, 2.45) is 22.7 Å². The van der Waals surface area contributed by atoms with E-state index in [0.717, 1.165) is 11.1 Å². The summed E-state index contributed by atoms with van der Waals surface area (Å²) in [6.07, 6.45) is -14.6. The fourth-order valence-corrected chi connectivity index (χ4v) is 15.3. The summed E-state index contributed by atoms with van der Waals surface area (Å²) in [7, 11) is 4.46. The lowest BCUT2D eigenvalue weighted by atomic mass is 9.42. The summed E-state index contributed by atoms with van der Waals surface area (Å²) in [6, 6.07) is 9.17. The number of esters is 2. The zero-order valence-corrected chi connectivity index (χ0v) is 48.4. The van der Waals surface area contributed by atoms with E-state index in [1.54, 1.807) is 34.0 Å². The summed E-state index contributed by atoms with van der Waals surface area (Å²) in [5.74, 6) is -3.44. The molecular formula is C59H86O23. The highest BCUT2D eigenvalue weighted by molar-refractivity contribution is 5.87. The number of rotatable bonds is 17. The topological polar surface area (TPSA) is 313 Å². The van der Waals surface area contributed by atoms with E-state index in [1.165, 1.54) is 34.1 Å². The van der Waals surface area contributed by atoms with Crippen molar-refractivity contribution in [3.63, 3.8) is 0 Å². The van der Waals surface area contributed by atoms with Crippen molar-refractivity contribution >= 4 is 23.8 Å². The van der Waals surface area contributed by atoms with Gasteiger partial charge in [-0.25, -0.2) is 4.79 Å². The minimum atomic E-state index is -1.93. The first kappa shape index (κ1) is 63.1. The molecule has 1 aromatic carbocycles. The second-order valence-corrected chi connectivity index (χ2v) is 24.2. The molecule has 23 heteroatoms. The molecule has 4 aliphatic heterocycles. The van der Waals surface area contributed by atoms with Gasteiger partial charge in [0.25, 0.3) is 0 Å². The first-order chi connectivity index (χ1) is 38.9. The van der Waals surface area contributed by atoms with Crippen LogP contribution >= 0.6 is 0 Å². The minimum Gasteiger partial charge on any atom is -0.458 e. The SMILES string of the molecule is COC1CC(OC2CCC3(C)C(=CCC4(O)C3C(OC(C)=O)C(OC(=O)/C=C/c3ccccc3)C3(C)C(C(C)=O)CCC43O)C2)OC(C)C1OC1CC(OC)C(OC2OC(C)C(OC3OC(CO)C(O)C(O)C3O)C(OC)C2O)C(C)O1. The van der Waals surface area contributed by atoms with E-state index in [2.05, 4.69) is 0 Å². The molecule has 82 heavy (non-hydrogen) atoms. The van der Waals surface area contributed by atoms with Crippen LogP contribution in [-0.4, -0.2) is 222 Å². The summed E-state index contributed by atoms with van der Waals surface area (Å²) in [4.78, 5) is 40.6. The van der Waals surface area contributed by atoms with Gasteiger partial charge in [-0.05, 0) is 83.3 Å². The largest absolute Gasteiger partial charge is 0.458 e. The van der Waals surface area contributed by atoms with Gasteiger partial charge < -0.3 is 97.3 Å². The average Bonchev–Trinajstić information content (AvgIpc) is 3.88. The molecule has 4 aliphatic carbocycles. The number of Topliss-reactive ketones (excluding diaryl/α,β-unsaturated/α-hetero) is 1. The Hall–Kier alpha value is -3.41. The summed E-state index contributed by atoms with van der Waals surface area (Å²) in [5.41, 5.74) is -4.60. The van der Waals surface area contributed by atoms with E-state index in [4.69, 9.17) is 61.6 Å². The van der Waals surface area contributed by atoms with Crippen LogP contribution in [0.3, 0.4) is 0 Å². The van der Waals surface area contributed by atoms with Gasteiger partial charge in [-0.3, -0.25) is 9.59 Å². The van der Waals surface area contributed by atoms with Crippen molar-refractivity contribution in [3.05, 3.63) is 53.6 Å². The molecule has 4 heterocycles. The van der Waals surface area contributed by atoms with Crippen LogP contribution in [0.15, 0.2) is 48.1 Å². The van der Waals surface area contributed by atoms with E-state index in [1.807, 2.05) is 50.3 Å². The van der Waals surface area contributed by atoms with Crippen LogP contribution < -0.4 is 0 Å². The molecule has 0 aromatic heterocycles. The van der Waals surface area contributed by atoms with Crippen molar-refractivity contribution in [1.29, 1.82) is 0 Å². The monoisotopic (exact) mass is 1160 g/mol. The number of carbonyl (C=O) groups is 3. The molecule has 0 amide bonds. The van der Waals surface area contributed by atoms with Gasteiger partial charge in [0.15, 0.2) is 25.2 Å². The summed E-state index contributed by atoms with van der Waals surface area (Å²) in [5, 5.41) is 78.9. The number of hydrogen-bond donors (Lipinski definition) is 7. The van der Waals surface area contributed by atoms with E-state index >= 15 is 0 Å². The Morgan fingerprint density at radius 1 is 0.683 bits per heavy atom. The minimum absolute atomic E-state index is 0.0183. The maximum atomic E-state index is 13.9. The second-order valence-electron chi connectivity index (χ2n) is 24.2. The van der Waals surface area contributed by atoms with Crippen molar-refractivity contribution in [2.45, 2.75) is 240 Å². The van der Waals surface area contributed by atoms with Gasteiger partial charge in [-0.2, -0.15) is 0 Å². The molecule has 1 aromatic rings. The lowest BCUT2D eigenvalue weighted by Crippen LogP contribution is -2.80. The predicted molar refractivity (Wildman–Crippen MR) is 284 cm³/mol. The summed E-state index contributed by atoms with van der Waals surface area (Å²) in [6.45, 7) is 11.0. The van der Waals surface area contributed by atoms with Crippen LogP contribution in [0.2, 0.25) is 0 Å². The smallest absolute Gasteiger partial charge is 0.331 e. The van der Waals surface area contributed by atoms with Crippen LogP contribution in [0.1, 0.15) is 105 Å². The quantitative estimate of drug-likeness (QED) is 0.0666. The number of methoxy groups -OCH3 is 3. The zero-order chi connectivity index (χ0) is 59.4. The van der Waals surface area contributed by atoms with Gasteiger partial charge in [-0.1, -0.05) is 55.8 Å². The molecule has 23 nitrogen and oxygen atoms in total. The van der Waals surface area contributed by atoms with Crippen LogP contribution in [0, 0.1) is 22.7 Å². The van der Waals surface area contributed by atoms with Gasteiger partial charge in [0, 0.05) is 64.4 Å². The lowest BCUT2D eigenvalue weighted by molar-refractivity contribution is -0.373. The van der Waals surface area contributed by atoms with Crippen molar-refractivity contribution in [1.82, 2.24) is 0 Å². The molecule has 0 bridgehead atoms. The Balaban J connectivity index is 0.842. The number of carbonyl (C=O) groups excluding carboxylic acids is 3. The molecule has 0 spiro atoms. The number of fused-ring (bicyclic) bond motifs is 5. The fourth-order valence-electron chi connectivity index (χ4n) is 15.3. The summed E-state index contributed by atoms with van der Waals surface area (Å²) < 4.78 is 80.6. The first-order valence-corrected chi connectivity index (χ1v) is 28.8. The van der Waals surface area contributed by atoms with E-state index in [-0.39, 0.29) is 37.6 Å². The van der Waals surface area contributed by atoms with E-state index in [0.29, 0.717) is 25.7 Å². The Bertz CT molecular complexity index is 2440.